The van der Waals surface area contributed by atoms with E-state index >= 15 is 0 Å². The summed E-state index contributed by atoms with van der Waals surface area (Å²) in [6, 6.07) is 3.74. The van der Waals surface area contributed by atoms with E-state index in [-0.39, 0.29) is 16.5 Å². The molecule has 0 unspecified atom stereocenters. The molecule has 1 aromatic rings. The zero-order valence-electron chi connectivity index (χ0n) is 7.27. The SMILES string of the molecule is N#CCc1cc(Br)cc(C(F)(F)F)c1O. The fraction of sp³-hybridized carbons (Fsp3) is 0.222. The van der Waals surface area contributed by atoms with Gasteiger partial charge in [0.1, 0.15) is 5.75 Å². The lowest BCUT2D eigenvalue weighted by atomic mass is 10.1. The maximum absolute atomic E-state index is 12.4. The van der Waals surface area contributed by atoms with Gasteiger partial charge in [-0.1, -0.05) is 15.9 Å². The lowest BCUT2D eigenvalue weighted by Crippen LogP contribution is -2.06. The second-order valence-electron chi connectivity index (χ2n) is 2.79. The molecule has 15 heavy (non-hydrogen) atoms. The Morgan fingerprint density at radius 2 is 2.00 bits per heavy atom. The van der Waals surface area contributed by atoms with Gasteiger partial charge in [-0.15, -0.1) is 0 Å². The Balaban J connectivity index is 3.36. The minimum absolute atomic E-state index is 0.0424. The largest absolute Gasteiger partial charge is 0.507 e. The van der Waals surface area contributed by atoms with Gasteiger partial charge in [-0.25, -0.2) is 0 Å². The van der Waals surface area contributed by atoms with Crippen LogP contribution < -0.4 is 0 Å². The highest BCUT2D eigenvalue weighted by Crippen LogP contribution is 2.39. The molecule has 0 aliphatic carbocycles. The first-order valence-corrected chi connectivity index (χ1v) is 4.61. The summed E-state index contributed by atoms with van der Waals surface area (Å²) in [7, 11) is 0. The summed E-state index contributed by atoms with van der Waals surface area (Å²) in [6.45, 7) is 0. The van der Waals surface area contributed by atoms with Gasteiger partial charge in [-0.3, -0.25) is 0 Å². The van der Waals surface area contributed by atoms with E-state index in [9.17, 15) is 18.3 Å². The van der Waals surface area contributed by atoms with Crippen LogP contribution in [0.5, 0.6) is 5.75 Å². The summed E-state index contributed by atoms with van der Waals surface area (Å²) in [4.78, 5) is 0. The molecule has 0 heterocycles. The van der Waals surface area contributed by atoms with Crippen LogP contribution in [0, 0.1) is 11.3 Å². The molecule has 0 spiro atoms. The van der Waals surface area contributed by atoms with Crippen LogP contribution in [-0.4, -0.2) is 5.11 Å². The second-order valence-corrected chi connectivity index (χ2v) is 3.71. The number of halogens is 4. The van der Waals surface area contributed by atoms with E-state index in [0.717, 1.165) is 6.07 Å². The van der Waals surface area contributed by atoms with Crippen LogP contribution in [0.2, 0.25) is 0 Å². The van der Waals surface area contributed by atoms with Crippen molar-refractivity contribution < 1.29 is 18.3 Å². The third kappa shape index (κ3) is 2.63. The number of hydrogen-bond donors (Lipinski definition) is 1. The van der Waals surface area contributed by atoms with Crippen LogP contribution in [0.15, 0.2) is 16.6 Å². The van der Waals surface area contributed by atoms with E-state index in [1.165, 1.54) is 6.07 Å². The van der Waals surface area contributed by atoms with Gasteiger partial charge in [0, 0.05) is 10.0 Å². The quantitative estimate of drug-likeness (QED) is 0.858. The van der Waals surface area contributed by atoms with Crippen LogP contribution in [0.3, 0.4) is 0 Å². The summed E-state index contributed by atoms with van der Waals surface area (Å²) in [5.74, 6) is -0.882. The van der Waals surface area contributed by atoms with Crippen molar-refractivity contribution in [1.29, 1.82) is 5.26 Å². The summed E-state index contributed by atoms with van der Waals surface area (Å²) in [6.07, 6.45) is -4.90. The van der Waals surface area contributed by atoms with Crippen molar-refractivity contribution in [3.8, 4) is 11.8 Å². The Hall–Kier alpha value is -1.22. The van der Waals surface area contributed by atoms with Crippen molar-refractivity contribution in [3.63, 3.8) is 0 Å². The Morgan fingerprint density at radius 1 is 1.40 bits per heavy atom. The predicted molar refractivity (Wildman–Crippen MR) is 50.1 cm³/mol. The summed E-state index contributed by atoms with van der Waals surface area (Å²) in [5, 5.41) is 17.7. The van der Waals surface area contributed by atoms with Gasteiger partial charge in [0.15, 0.2) is 0 Å². The number of nitrogens with zero attached hydrogens (tertiary/aromatic N) is 1. The first-order valence-electron chi connectivity index (χ1n) is 3.81. The molecule has 0 aromatic heterocycles. The van der Waals surface area contributed by atoms with Crippen molar-refractivity contribution in [2.45, 2.75) is 12.6 Å². The second kappa shape index (κ2) is 4.11. The predicted octanol–water partition coefficient (Wildman–Crippen LogP) is 3.24. The van der Waals surface area contributed by atoms with Crippen molar-refractivity contribution in [1.82, 2.24) is 0 Å². The number of rotatable bonds is 1. The molecule has 1 aromatic carbocycles. The maximum Gasteiger partial charge on any atom is 0.420 e. The van der Waals surface area contributed by atoms with E-state index in [2.05, 4.69) is 15.9 Å². The topological polar surface area (TPSA) is 44.0 Å². The average molecular weight is 280 g/mol. The lowest BCUT2D eigenvalue weighted by Gasteiger charge is -2.11. The zero-order valence-corrected chi connectivity index (χ0v) is 8.85. The van der Waals surface area contributed by atoms with Gasteiger partial charge in [-0.05, 0) is 12.1 Å². The third-order valence-corrected chi connectivity index (χ3v) is 2.19. The van der Waals surface area contributed by atoms with Crippen molar-refractivity contribution in [2.75, 3.05) is 0 Å². The molecule has 0 atom stereocenters. The Morgan fingerprint density at radius 3 is 2.47 bits per heavy atom. The molecule has 0 amide bonds. The van der Waals surface area contributed by atoms with Gasteiger partial charge >= 0.3 is 6.18 Å². The molecular formula is C9H5BrF3NO. The minimum atomic E-state index is -4.63. The van der Waals surface area contributed by atoms with Gasteiger partial charge in [0.05, 0.1) is 18.1 Å². The molecule has 1 N–H and O–H groups in total. The number of phenols is 1. The fourth-order valence-corrected chi connectivity index (χ4v) is 1.60. The van der Waals surface area contributed by atoms with E-state index in [4.69, 9.17) is 5.26 Å². The summed E-state index contributed by atoms with van der Waals surface area (Å²) in [5.41, 5.74) is -1.18. The van der Waals surface area contributed by atoms with Crippen molar-refractivity contribution >= 4 is 15.9 Å². The molecule has 1 rings (SSSR count). The first kappa shape index (κ1) is 11.9. The molecular weight excluding hydrogens is 275 g/mol. The molecule has 0 aliphatic heterocycles. The highest BCUT2D eigenvalue weighted by molar-refractivity contribution is 9.10. The Kier molecular flexibility index (Phi) is 3.25. The van der Waals surface area contributed by atoms with Crippen LogP contribution >= 0.6 is 15.9 Å². The minimum Gasteiger partial charge on any atom is -0.507 e. The first-order chi connectivity index (χ1) is 6.86. The van der Waals surface area contributed by atoms with Crippen LogP contribution in [-0.2, 0) is 12.6 Å². The number of alkyl halides is 3. The van der Waals surface area contributed by atoms with Crippen molar-refractivity contribution in [3.05, 3.63) is 27.7 Å². The average Bonchev–Trinajstić information content (AvgIpc) is 2.09. The van der Waals surface area contributed by atoms with Gasteiger partial charge in [0.25, 0.3) is 0 Å². The number of phenolic OH excluding ortho intramolecular Hbond substituents is 1. The number of nitriles is 1. The fourth-order valence-electron chi connectivity index (χ4n) is 1.09. The molecule has 0 saturated heterocycles. The van der Waals surface area contributed by atoms with Crippen molar-refractivity contribution in [2.24, 2.45) is 0 Å². The molecule has 0 fully saturated rings. The molecule has 0 radical (unpaired) electrons. The van der Waals surface area contributed by atoms with Gasteiger partial charge in [0.2, 0.25) is 0 Å². The van der Waals surface area contributed by atoms with E-state index < -0.39 is 17.5 Å². The smallest absolute Gasteiger partial charge is 0.420 e. The van der Waals surface area contributed by atoms with E-state index in [1.807, 2.05) is 0 Å². The summed E-state index contributed by atoms with van der Waals surface area (Å²) < 4.78 is 37.3. The number of aromatic hydroxyl groups is 1. The molecule has 2 nitrogen and oxygen atoms in total. The molecule has 0 aliphatic rings. The molecule has 6 heteroatoms. The highest BCUT2D eigenvalue weighted by Gasteiger charge is 2.35. The lowest BCUT2D eigenvalue weighted by molar-refractivity contribution is -0.138. The highest BCUT2D eigenvalue weighted by atomic mass is 79.9. The van der Waals surface area contributed by atoms with E-state index in [0.29, 0.717) is 0 Å². The van der Waals surface area contributed by atoms with Crippen LogP contribution in [0.25, 0.3) is 0 Å². The molecule has 0 saturated carbocycles. The van der Waals surface area contributed by atoms with Crippen LogP contribution in [0.4, 0.5) is 13.2 Å². The van der Waals surface area contributed by atoms with E-state index in [1.54, 1.807) is 6.07 Å². The maximum atomic E-state index is 12.4. The standard InChI is InChI=1S/C9H5BrF3NO/c10-6-3-5(1-2-14)8(15)7(4-6)9(11,12)13/h3-4,15H,1H2. The molecule has 80 valence electrons. The zero-order chi connectivity index (χ0) is 11.6. The third-order valence-electron chi connectivity index (χ3n) is 1.73. The Labute approximate surface area is 92.1 Å². The van der Waals surface area contributed by atoms with Gasteiger partial charge in [-0.2, -0.15) is 18.4 Å². The normalized spacial score (nSPS) is 11.1. The monoisotopic (exact) mass is 279 g/mol. The van der Waals surface area contributed by atoms with Gasteiger partial charge < -0.3 is 5.11 Å². The molecule has 0 bridgehead atoms. The van der Waals surface area contributed by atoms with Crippen LogP contribution in [0.1, 0.15) is 11.1 Å². The number of hydrogen-bond acceptors (Lipinski definition) is 2. The number of benzene rings is 1. The Bertz CT molecular complexity index is 423. The summed E-state index contributed by atoms with van der Waals surface area (Å²) >= 11 is 2.89.